The van der Waals surface area contributed by atoms with Crippen molar-refractivity contribution in [2.75, 3.05) is 20.1 Å². The van der Waals surface area contributed by atoms with E-state index in [9.17, 15) is 0 Å². The molecular weight excluding hydrogens is 272 g/mol. The fraction of sp³-hybridized carbons (Fsp3) is 0.636. The fourth-order valence-electron chi connectivity index (χ4n) is 1.62. The molecule has 0 saturated carbocycles. The van der Waals surface area contributed by atoms with Crippen molar-refractivity contribution in [3.63, 3.8) is 0 Å². The summed E-state index contributed by atoms with van der Waals surface area (Å²) in [6.45, 7) is 5.08. The Hall–Kier alpha value is 0.100. The van der Waals surface area contributed by atoms with Gasteiger partial charge in [-0.05, 0) is 52.5 Å². The van der Waals surface area contributed by atoms with E-state index in [0.717, 1.165) is 26.1 Å². The lowest BCUT2D eigenvalue weighted by Gasteiger charge is -2.21. The molecule has 1 unspecified atom stereocenters. The van der Waals surface area contributed by atoms with Crippen LogP contribution < -0.4 is 5.73 Å². The molecule has 0 amide bonds. The van der Waals surface area contributed by atoms with Crippen LogP contribution in [0.4, 0.5) is 0 Å². The summed E-state index contributed by atoms with van der Waals surface area (Å²) >= 11 is 5.22. The zero-order valence-electron chi connectivity index (χ0n) is 9.37. The minimum Gasteiger partial charge on any atom is -0.330 e. The molecule has 4 heteroatoms. The van der Waals surface area contributed by atoms with Crippen LogP contribution in [0.2, 0.25) is 0 Å². The van der Waals surface area contributed by atoms with Gasteiger partial charge in [0.15, 0.2) is 0 Å². The summed E-state index contributed by atoms with van der Waals surface area (Å²) in [6, 6.07) is 2.19. The van der Waals surface area contributed by atoms with Crippen molar-refractivity contribution in [3.8, 4) is 0 Å². The van der Waals surface area contributed by atoms with E-state index in [1.54, 1.807) is 11.3 Å². The Bertz CT molecular complexity index is 284. The lowest BCUT2D eigenvalue weighted by Crippen LogP contribution is -2.29. The maximum atomic E-state index is 5.70. The summed E-state index contributed by atoms with van der Waals surface area (Å²) in [5, 5.41) is 2.20. The Morgan fingerprint density at radius 2 is 2.33 bits per heavy atom. The number of hydrogen-bond acceptors (Lipinski definition) is 3. The van der Waals surface area contributed by atoms with Crippen molar-refractivity contribution in [3.05, 3.63) is 20.8 Å². The van der Waals surface area contributed by atoms with Crippen LogP contribution in [0.5, 0.6) is 0 Å². The summed E-state index contributed by atoms with van der Waals surface area (Å²) in [7, 11) is 2.16. The largest absolute Gasteiger partial charge is 0.330 e. The van der Waals surface area contributed by atoms with Crippen LogP contribution >= 0.6 is 27.3 Å². The molecule has 2 N–H and O–H groups in total. The predicted molar refractivity (Wildman–Crippen MR) is 71.2 cm³/mol. The Labute approximate surface area is 105 Å². The van der Waals surface area contributed by atoms with Gasteiger partial charge in [0.05, 0.1) is 3.79 Å². The maximum Gasteiger partial charge on any atom is 0.0701 e. The van der Waals surface area contributed by atoms with E-state index in [4.69, 9.17) is 5.73 Å². The average molecular weight is 291 g/mol. The van der Waals surface area contributed by atoms with Gasteiger partial charge < -0.3 is 10.6 Å². The summed E-state index contributed by atoms with van der Waals surface area (Å²) in [5.41, 5.74) is 7.07. The molecule has 0 radical (unpaired) electrons. The van der Waals surface area contributed by atoms with Crippen molar-refractivity contribution in [2.24, 2.45) is 11.7 Å². The minimum absolute atomic E-state index is 0.622. The molecule has 1 aromatic heterocycles. The first-order valence-electron chi connectivity index (χ1n) is 5.27. The van der Waals surface area contributed by atoms with Gasteiger partial charge in [-0.1, -0.05) is 13.3 Å². The quantitative estimate of drug-likeness (QED) is 0.873. The summed E-state index contributed by atoms with van der Waals surface area (Å²) < 4.78 is 1.21. The van der Waals surface area contributed by atoms with Gasteiger partial charge in [-0.3, -0.25) is 0 Å². The number of thiophene rings is 1. The Morgan fingerprint density at radius 3 is 2.80 bits per heavy atom. The summed E-state index contributed by atoms with van der Waals surface area (Å²) in [5.74, 6) is 0.622. The zero-order chi connectivity index (χ0) is 11.3. The van der Waals surface area contributed by atoms with Gasteiger partial charge in [-0.25, -0.2) is 0 Å². The molecule has 1 aromatic rings. The van der Waals surface area contributed by atoms with Crippen molar-refractivity contribution < 1.29 is 0 Å². The number of nitrogens with zero attached hydrogens (tertiary/aromatic N) is 1. The van der Waals surface area contributed by atoms with Gasteiger partial charge >= 0.3 is 0 Å². The van der Waals surface area contributed by atoms with Gasteiger partial charge in [0, 0.05) is 13.1 Å². The van der Waals surface area contributed by atoms with E-state index in [1.165, 1.54) is 9.35 Å². The zero-order valence-corrected chi connectivity index (χ0v) is 11.8. The van der Waals surface area contributed by atoms with E-state index >= 15 is 0 Å². The summed E-state index contributed by atoms with van der Waals surface area (Å²) in [6.07, 6.45) is 1.16. The monoisotopic (exact) mass is 290 g/mol. The standard InChI is InChI=1S/C11H19BrN2S/c1-3-9(5-13)6-14(2)7-10-4-11(12)15-8-10/h4,8-9H,3,5-7,13H2,1-2H3. The molecule has 1 atom stereocenters. The third kappa shape index (κ3) is 4.64. The maximum absolute atomic E-state index is 5.70. The lowest BCUT2D eigenvalue weighted by molar-refractivity contribution is 0.268. The Kier molecular flexibility index (Phi) is 5.82. The highest BCUT2D eigenvalue weighted by molar-refractivity contribution is 9.11. The van der Waals surface area contributed by atoms with Crippen LogP contribution in [0, 0.1) is 5.92 Å². The summed E-state index contributed by atoms with van der Waals surface area (Å²) in [4.78, 5) is 2.34. The molecular formula is C11H19BrN2S. The number of rotatable bonds is 6. The normalized spacial score (nSPS) is 13.4. The molecule has 0 aromatic carbocycles. The average Bonchev–Trinajstić information content (AvgIpc) is 2.60. The van der Waals surface area contributed by atoms with Crippen LogP contribution in [0.1, 0.15) is 18.9 Å². The second kappa shape index (κ2) is 6.63. The van der Waals surface area contributed by atoms with Crippen LogP contribution in [-0.4, -0.2) is 25.0 Å². The van der Waals surface area contributed by atoms with E-state index in [-0.39, 0.29) is 0 Å². The van der Waals surface area contributed by atoms with Gasteiger partial charge in [0.2, 0.25) is 0 Å². The minimum atomic E-state index is 0.622. The third-order valence-corrected chi connectivity index (χ3v) is 4.11. The van der Waals surface area contributed by atoms with E-state index in [2.05, 4.69) is 46.2 Å². The highest BCUT2D eigenvalue weighted by Crippen LogP contribution is 2.21. The van der Waals surface area contributed by atoms with Gasteiger partial charge in [0.1, 0.15) is 0 Å². The van der Waals surface area contributed by atoms with E-state index < -0.39 is 0 Å². The second-order valence-corrected chi connectivity index (χ2v) is 6.26. The fourth-order valence-corrected chi connectivity index (χ4v) is 2.82. The topological polar surface area (TPSA) is 29.3 Å². The van der Waals surface area contributed by atoms with Crippen LogP contribution in [-0.2, 0) is 6.54 Å². The smallest absolute Gasteiger partial charge is 0.0701 e. The highest BCUT2D eigenvalue weighted by atomic mass is 79.9. The molecule has 0 spiro atoms. The van der Waals surface area contributed by atoms with Crippen LogP contribution in [0.25, 0.3) is 0 Å². The number of halogens is 1. The highest BCUT2D eigenvalue weighted by Gasteiger charge is 2.08. The molecule has 1 rings (SSSR count). The van der Waals surface area contributed by atoms with E-state index in [1.807, 2.05) is 0 Å². The molecule has 0 bridgehead atoms. The number of nitrogens with two attached hydrogens (primary N) is 1. The third-order valence-electron chi connectivity index (χ3n) is 2.55. The predicted octanol–water partition coefficient (Wildman–Crippen LogP) is 2.93. The van der Waals surface area contributed by atoms with Crippen molar-refractivity contribution in [2.45, 2.75) is 19.9 Å². The Balaban J connectivity index is 2.38. The van der Waals surface area contributed by atoms with Gasteiger partial charge in [0.25, 0.3) is 0 Å². The molecule has 0 saturated heterocycles. The first-order chi connectivity index (χ1) is 7.15. The van der Waals surface area contributed by atoms with Crippen molar-refractivity contribution in [1.82, 2.24) is 4.90 Å². The Morgan fingerprint density at radius 1 is 1.60 bits per heavy atom. The van der Waals surface area contributed by atoms with Gasteiger partial charge in [-0.15, -0.1) is 11.3 Å². The molecule has 0 fully saturated rings. The SMILES string of the molecule is CCC(CN)CN(C)Cc1csc(Br)c1. The molecule has 0 aliphatic carbocycles. The lowest BCUT2D eigenvalue weighted by atomic mass is 10.1. The molecule has 15 heavy (non-hydrogen) atoms. The first-order valence-corrected chi connectivity index (χ1v) is 6.94. The van der Waals surface area contributed by atoms with Crippen molar-refractivity contribution in [1.29, 1.82) is 0 Å². The van der Waals surface area contributed by atoms with Crippen LogP contribution in [0.3, 0.4) is 0 Å². The van der Waals surface area contributed by atoms with E-state index in [0.29, 0.717) is 5.92 Å². The first kappa shape index (κ1) is 13.2. The number of hydrogen-bond donors (Lipinski definition) is 1. The van der Waals surface area contributed by atoms with Gasteiger partial charge in [-0.2, -0.15) is 0 Å². The van der Waals surface area contributed by atoms with Crippen LogP contribution in [0.15, 0.2) is 15.2 Å². The molecule has 1 heterocycles. The molecule has 86 valence electrons. The molecule has 2 nitrogen and oxygen atoms in total. The molecule has 0 aliphatic rings. The second-order valence-electron chi connectivity index (χ2n) is 3.97. The van der Waals surface area contributed by atoms with Crippen molar-refractivity contribution >= 4 is 27.3 Å². The molecule has 0 aliphatic heterocycles.